The van der Waals surface area contributed by atoms with Crippen molar-refractivity contribution < 1.29 is 9.90 Å². The molecule has 0 saturated carbocycles. The highest BCUT2D eigenvalue weighted by molar-refractivity contribution is 5.96. The lowest BCUT2D eigenvalue weighted by molar-refractivity contribution is 0.0697. The van der Waals surface area contributed by atoms with Gasteiger partial charge in [-0.2, -0.15) is 0 Å². The van der Waals surface area contributed by atoms with Gasteiger partial charge in [-0.3, -0.25) is 0 Å². The lowest BCUT2D eigenvalue weighted by Gasteiger charge is -2.17. The van der Waals surface area contributed by atoms with Crippen molar-refractivity contribution in [2.75, 3.05) is 5.32 Å². The zero-order valence-electron chi connectivity index (χ0n) is 15.0. The molecule has 0 atom stereocenters. The minimum atomic E-state index is -0.922. The van der Waals surface area contributed by atoms with Gasteiger partial charge in [-0.15, -0.1) is 0 Å². The van der Waals surface area contributed by atoms with Crippen molar-refractivity contribution in [3.05, 3.63) is 90.0 Å². The molecule has 2 N–H and O–H groups in total. The van der Waals surface area contributed by atoms with Crippen molar-refractivity contribution in [2.24, 2.45) is 0 Å². The molecule has 0 unspecified atom stereocenters. The summed E-state index contributed by atoms with van der Waals surface area (Å²) < 4.78 is 0. The van der Waals surface area contributed by atoms with Crippen LogP contribution in [-0.4, -0.2) is 11.1 Å². The second-order valence-corrected chi connectivity index (χ2v) is 6.46. The van der Waals surface area contributed by atoms with Gasteiger partial charge < -0.3 is 10.4 Å². The highest BCUT2D eigenvalue weighted by Crippen LogP contribution is 2.30. The first-order chi connectivity index (χ1) is 12.4. The van der Waals surface area contributed by atoms with Crippen LogP contribution in [0.5, 0.6) is 0 Å². The van der Waals surface area contributed by atoms with Crippen molar-refractivity contribution in [3.8, 4) is 0 Å². The Labute approximate surface area is 153 Å². The van der Waals surface area contributed by atoms with Gasteiger partial charge in [0.25, 0.3) is 0 Å². The first kappa shape index (κ1) is 17.5. The zero-order chi connectivity index (χ0) is 18.8. The van der Waals surface area contributed by atoms with Crippen LogP contribution in [0.25, 0.3) is 22.0 Å². The molecule has 3 rings (SSSR count). The fraction of sp³-hybridized carbons (Fsp3) is 0.0870. The Hall–Kier alpha value is -3.33. The molecular formula is C23H21NO2. The third kappa shape index (κ3) is 3.38. The maximum atomic E-state index is 11.1. The van der Waals surface area contributed by atoms with Crippen molar-refractivity contribution >= 4 is 33.7 Å². The number of carbonyl (C=O) groups is 1. The summed E-state index contributed by atoms with van der Waals surface area (Å²) in [5, 5.41) is 14.4. The van der Waals surface area contributed by atoms with E-state index in [0.717, 1.165) is 44.4 Å². The van der Waals surface area contributed by atoms with Gasteiger partial charge in [-0.25, -0.2) is 4.79 Å². The fourth-order valence-corrected chi connectivity index (χ4v) is 2.98. The number of anilines is 1. The summed E-state index contributed by atoms with van der Waals surface area (Å²) in [5.74, 6) is -0.922. The molecule has 26 heavy (non-hydrogen) atoms. The molecule has 130 valence electrons. The monoisotopic (exact) mass is 343 g/mol. The number of aromatic carboxylic acids is 1. The van der Waals surface area contributed by atoms with E-state index >= 15 is 0 Å². The van der Waals surface area contributed by atoms with Crippen LogP contribution in [-0.2, 0) is 0 Å². The van der Waals surface area contributed by atoms with Crippen molar-refractivity contribution in [1.29, 1.82) is 0 Å². The molecule has 0 bridgehead atoms. The van der Waals surface area contributed by atoms with E-state index in [1.165, 1.54) is 0 Å². The van der Waals surface area contributed by atoms with Crippen molar-refractivity contribution in [3.63, 3.8) is 0 Å². The van der Waals surface area contributed by atoms with Gasteiger partial charge in [0.2, 0.25) is 0 Å². The predicted molar refractivity (Wildman–Crippen MR) is 109 cm³/mol. The Morgan fingerprint density at radius 3 is 2.19 bits per heavy atom. The molecular weight excluding hydrogens is 322 g/mol. The van der Waals surface area contributed by atoms with E-state index in [2.05, 4.69) is 31.5 Å². The summed E-state index contributed by atoms with van der Waals surface area (Å²) >= 11 is 0. The quantitative estimate of drug-likeness (QED) is 0.601. The van der Waals surface area contributed by atoms with E-state index in [1.807, 2.05) is 43.3 Å². The Morgan fingerprint density at radius 2 is 1.58 bits per heavy atom. The van der Waals surface area contributed by atoms with Crippen LogP contribution in [0.2, 0.25) is 0 Å². The Bertz CT molecular complexity index is 1050. The number of rotatable bonds is 5. The number of aryl methyl sites for hydroxylation is 1. The first-order valence-corrected chi connectivity index (χ1v) is 8.35. The Balaban J connectivity index is 1.95. The summed E-state index contributed by atoms with van der Waals surface area (Å²) in [4.78, 5) is 11.1. The van der Waals surface area contributed by atoms with Crippen molar-refractivity contribution in [2.45, 2.75) is 13.8 Å². The number of hydrogen-bond donors (Lipinski definition) is 2. The van der Waals surface area contributed by atoms with E-state index in [-0.39, 0.29) is 5.56 Å². The van der Waals surface area contributed by atoms with E-state index < -0.39 is 5.97 Å². The Morgan fingerprint density at radius 1 is 0.962 bits per heavy atom. The number of benzene rings is 3. The second kappa shape index (κ2) is 6.89. The number of carboxylic acids is 1. The summed E-state index contributed by atoms with van der Waals surface area (Å²) in [7, 11) is 0. The largest absolute Gasteiger partial charge is 0.478 e. The average Bonchev–Trinajstić information content (AvgIpc) is 2.62. The normalized spacial score (nSPS) is 10.5. The summed E-state index contributed by atoms with van der Waals surface area (Å²) in [6.45, 7) is 12.3. The smallest absolute Gasteiger partial charge is 0.335 e. The predicted octanol–water partition coefficient (Wildman–Crippen LogP) is 5.96. The van der Waals surface area contributed by atoms with Crippen LogP contribution in [0.4, 0.5) is 5.69 Å². The molecule has 0 aromatic heterocycles. The van der Waals surface area contributed by atoms with E-state index in [4.69, 9.17) is 5.11 Å². The van der Waals surface area contributed by atoms with Gasteiger partial charge in [-0.1, -0.05) is 49.6 Å². The molecule has 3 aromatic rings. The van der Waals surface area contributed by atoms with Crippen molar-refractivity contribution in [1.82, 2.24) is 0 Å². The molecule has 0 heterocycles. The highest BCUT2D eigenvalue weighted by Gasteiger charge is 2.09. The minimum Gasteiger partial charge on any atom is -0.478 e. The van der Waals surface area contributed by atoms with Gasteiger partial charge in [0.15, 0.2) is 0 Å². The van der Waals surface area contributed by atoms with E-state index in [0.29, 0.717) is 0 Å². The molecule has 0 radical (unpaired) electrons. The number of hydrogen-bond acceptors (Lipinski definition) is 2. The SMILES string of the molecule is C=C(Nc1c(C)cccc1C(=C)C)c1ccc2cc(C(=O)O)ccc2c1. The fourth-order valence-electron chi connectivity index (χ4n) is 2.98. The lowest BCUT2D eigenvalue weighted by atomic mass is 10.0. The molecule has 3 nitrogen and oxygen atoms in total. The molecule has 0 spiro atoms. The highest BCUT2D eigenvalue weighted by atomic mass is 16.4. The van der Waals surface area contributed by atoms with Crippen LogP contribution in [0, 0.1) is 6.92 Å². The molecule has 3 heteroatoms. The number of para-hydroxylation sites is 1. The first-order valence-electron chi connectivity index (χ1n) is 8.35. The summed E-state index contributed by atoms with van der Waals surface area (Å²) in [5.41, 5.74) is 6.21. The Kier molecular flexibility index (Phi) is 4.63. The standard InChI is InChI=1S/C23H21NO2/c1-14(2)21-7-5-6-15(3)22(21)24-16(4)17-8-9-19-13-20(23(25)26)11-10-18(19)12-17/h5-13,24H,1,4H2,2-3H3,(H,25,26). The topological polar surface area (TPSA) is 49.3 Å². The summed E-state index contributed by atoms with van der Waals surface area (Å²) in [6, 6.07) is 17.1. The van der Waals surface area contributed by atoms with Crippen LogP contribution < -0.4 is 5.32 Å². The lowest BCUT2D eigenvalue weighted by Crippen LogP contribution is -2.02. The molecule has 0 amide bonds. The third-order valence-electron chi connectivity index (χ3n) is 4.44. The van der Waals surface area contributed by atoms with E-state index in [1.54, 1.807) is 12.1 Å². The number of allylic oxidation sites excluding steroid dienone is 1. The van der Waals surface area contributed by atoms with Crippen LogP contribution in [0.3, 0.4) is 0 Å². The number of carboxylic acid groups (broad SMARTS) is 1. The van der Waals surface area contributed by atoms with Gasteiger partial charge in [-0.05, 0) is 59.5 Å². The van der Waals surface area contributed by atoms with E-state index in [9.17, 15) is 4.79 Å². The molecule has 0 aliphatic carbocycles. The van der Waals surface area contributed by atoms with Gasteiger partial charge in [0.05, 0.1) is 5.56 Å². The maximum absolute atomic E-state index is 11.1. The molecule has 0 saturated heterocycles. The molecule has 0 fully saturated rings. The molecule has 3 aromatic carbocycles. The van der Waals surface area contributed by atoms with Crippen LogP contribution >= 0.6 is 0 Å². The molecule has 0 aliphatic heterocycles. The van der Waals surface area contributed by atoms with Gasteiger partial charge in [0, 0.05) is 16.9 Å². The molecule has 0 aliphatic rings. The number of fused-ring (bicyclic) bond motifs is 1. The number of nitrogens with one attached hydrogen (secondary N) is 1. The minimum absolute atomic E-state index is 0.285. The third-order valence-corrected chi connectivity index (χ3v) is 4.44. The average molecular weight is 343 g/mol. The van der Waals surface area contributed by atoms with Gasteiger partial charge >= 0.3 is 5.97 Å². The summed E-state index contributed by atoms with van der Waals surface area (Å²) in [6.07, 6.45) is 0. The van der Waals surface area contributed by atoms with Crippen LogP contribution in [0.1, 0.15) is 34.0 Å². The maximum Gasteiger partial charge on any atom is 0.335 e. The van der Waals surface area contributed by atoms with Gasteiger partial charge in [0.1, 0.15) is 0 Å². The zero-order valence-corrected chi connectivity index (χ0v) is 15.0. The van der Waals surface area contributed by atoms with Crippen LogP contribution in [0.15, 0.2) is 67.8 Å². The second-order valence-electron chi connectivity index (χ2n) is 6.46.